The fourth-order valence-corrected chi connectivity index (χ4v) is 4.57. The standard InChI is InChI=1S/C29H22N2O5/c1-17-12-20-13-18(8-10-24(20)35-17)27-21(16-31(30-27)22-6-4-3-5-7-22)15-26-28(32)23-14-19(29(33)34-2)9-11-25(23)36-26/h3-11,13-17H,12H2,1-2H3. The summed E-state index contributed by atoms with van der Waals surface area (Å²) < 4.78 is 18.3. The molecule has 1 atom stereocenters. The summed E-state index contributed by atoms with van der Waals surface area (Å²) in [6.45, 7) is 2.05. The molecule has 0 spiro atoms. The minimum atomic E-state index is -0.510. The van der Waals surface area contributed by atoms with Gasteiger partial charge in [0.15, 0.2) is 5.76 Å². The summed E-state index contributed by atoms with van der Waals surface area (Å²) in [5.41, 5.74) is 5.01. The third-order valence-corrected chi connectivity index (χ3v) is 6.31. The largest absolute Gasteiger partial charge is 0.490 e. The molecule has 0 saturated carbocycles. The molecule has 178 valence electrons. The number of carbonyl (C=O) groups is 2. The number of nitrogens with zero attached hydrogens (tertiary/aromatic N) is 2. The van der Waals surface area contributed by atoms with Crippen molar-refractivity contribution in [3.8, 4) is 28.4 Å². The number of hydrogen-bond acceptors (Lipinski definition) is 6. The van der Waals surface area contributed by atoms with E-state index in [1.807, 2.05) is 55.6 Å². The van der Waals surface area contributed by atoms with Crippen LogP contribution in [0.3, 0.4) is 0 Å². The van der Waals surface area contributed by atoms with E-state index in [1.54, 1.807) is 22.9 Å². The fraction of sp³-hybridized carbons (Fsp3) is 0.138. The molecule has 36 heavy (non-hydrogen) atoms. The van der Waals surface area contributed by atoms with Gasteiger partial charge in [-0.1, -0.05) is 18.2 Å². The topological polar surface area (TPSA) is 79.7 Å². The van der Waals surface area contributed by atoms with Crippen LogP contribution in [0.4, 0.5) is 0 Å². The predicted molar refractivity (Wildman–Crippen MR) is 134 cm³/mol. The number of Topliss-reactive ketones (excluding diaryl/α,β-unsaturated/α-hetero) is 1. The summed E-state index contributed by atoms with van der Waals surface area (Å²) in [5, 5.41) is 4.86. The van der Waals surface area contributed by atoms with E-state index in [9.17, 15) is 9.59 Å². The highest BCUT2D eigenvalue weighted by Gasteiger charge is 2.29. The number of para-hydroxylation sites is 1. The van der Waals surface area contributed by atoms with Gasteiger partial charge in [-0.3, -0.25) is 4.79 Å². The molecule has 7 heteroatoms. The van der Waals surface area contributed by atoms with Gasteiger partial charge in [-0.2, -0.15) is 5.10 Å². The van der Waals surface area contributed by atoms with Gasteiger partial charge in [-0.15, -0.1) is 0 Å². The third-order valence-electron chi connectivity index (χ3n) is 6.31. The average Bonchev–Trinajstić information content (AvgIpc) is 3.58. The molecule has 0 aliphatic carbocycles. The normalized spacial score (nSPS) is 16.9. The minimum Gasteiger partial charge on any atom is -0.490 e. The zero-order chi connectivity index (χ0) is 24.8. The first-order valence-electron chi connectivity index (χ1n) is 11.6. The lowest BCUT2D eigenvalue weighted by atomic mass is 10.0. The van der Waals surface area contributed by atoms with Crippen molar-refractivity contribution in [2.24, 2.45) is 0 Å². The van der Waals surface area contributed by atoms with Crippen LogP contribution in [-0.4, -0.2) is 34.7 Å². The van der Waals surface area contributed by atoms with Crippen molar-refractivity contribution in [3.05, 3.63) is 101 Å². The Hall–Kier alpha value is -4.65. The number of ether oxygens (including phenoxy) is 3. The molecule has 2 aliphatic heterocycles. The molecule has 0 amide bonds. The van der Waals surface area contributed by atoms with Crippen LogP contribution in [0.15, 0.2) is 78.7 Å². The van der Waals surface area contributed by atoms with Crippen molar-refractivity contribution in [1.82, 2.24) is 9.78 Å². The molecule has 0 fully saturated rings. The van der Waals surface area contributed by atoms with Crippen LogP contribution < -0.4 is 9.47 Å². The second-order valence-corrected chi connectivity index (χ2v) is 8.81. The first kappa shape index (κ1) is 21.9. The van der Waals surface area contributed by atoms with Gasteiger partial charge in [-0.25, -0.2) is 9.48 Å². The molecule has 3 heterocycles. The van der Waals surface area contributed by atoms with Crippen LogP contribution >= 0.6 is 0 Å². The van der Waals surface area contributed by atoms with Crippen LogP contribution in [0.2, 0.25) is 0 Å². The quantitative estimate of drug-likeness (QED) is 0.294. The Kier molecular flexibility index (Phi) is 5.18. The van der Waals surface area contributed by atoms with E-state index >= 15 is 0 Å². The van der Waals surface area contributed by atoms with E-state index in [1.165, 1.54) is 13.2 Å². The summed E-state index contributed by atoms with van der Waals surface area (Å²) in [6.07, 6.45) is 4.55. The molecule has 2 aliphatic rings. The maximum absolute atomic E-state index is 13.2. The van der Waals surface area contributed by atoms with Gasteiger partial charge >= 0.3 is 5.97 Å². The lowest BCUT2D eigenvalue weighted by molar-refractivity contribution is 0.0600. The molecule has 3 aromatic carbocycles. The van der Waals surface area contributed by atoms with Gasteiger partial charge in [0.05, 0.1) is 23.9 Å². The second-order valence-electron chi connectivity index (χ2n) is 8.81. The van der Waals surface area contributed by atoms with Gasteiger partial charge in [0.1, 0.15) is 23.3 Å². The maximum atomic E-state index is 13.2. The van der Waals surface area contributed by atoms with Gasteiger partial charge in [0.25, 0.3) is 0 Å². The molecule has 7 nitrogen and oxygen atoms in total. The number of allylic oxidation sites excluding steroid dienone is 1. The highest BCUT2D eigenvalue weighted by molar-refractivity contribution is 6.15. The van der Waals surface area contributed by atoms with Crippen LogP contribution in [0.25, 0.3) is 23.0 Å². The van der Waals surface area contributed by atoms with Crippen molar-refractivity contribution < 1.29 is 23.8 Å². The van der Waals surface area contributed by atoms with Crippen molar-refractivity contribution in [1.29, 1.82) is 0 Å². The lowest BCUT2D eigenvalue weighted by Gasteiger charge is -2.04. The Labute approximate surface area is 207 Å². The SMILES string of the molecule is COC(=O)c1ccc2c(c1)C(=O)C(=Cc1cn(-c3ccccc3)nc1-c1ccc3c(c1)CC(C)O3)O2. The number of fused-ring (bicyclic) bond motifs is 2. The van der Waals surface area contributed by atoms with Crippen molar-refractivity contribution in [3.63, 3.8) is 0 Å². The molecular formula is C29H22N2O5. The number of carbonyl (C=O) groups excluding carboxylic acids is 2. The number of aromatic nitrogens is 2. The van der Waals surface area contributed by atoms with E-state index in [2.05, 4.69) is 6.07 Å². The number of ketones is 1. The van der Waals surface area contributed by atoms with Crippen molar-refractivity contribution >= 4 is 17.8 Å². The Morgan fingerprint density at radius 1 is 1.08 bits per heavy atom. The Bertz CT molecular complexity index is 1550. The van der Waals surface area contributed by atoms with Gasteiger partial charge in [0.2, 0.25) is 5.78 Å². The van der Waals surface area contributed by atoms with Gasteiger partial charge in [-0.05, 0) is 67.1 Å². The van der Waals surface area contributed by atoms with Crippen LogP contribution in [0.1, 0.15) is 38.8 Å². The minimum absolute atomic E-state index is 0.136. The maximum Gasteiger partial charge on any atom is 0.337 e. The third kappa shape index (κ3) is 3.75. The van der Waals surface area contributed by atoms with Gasteiger partial charge < -0.3 is 14.2 Å². The molecule has 4 aromatic rings. The lowest BCUT2D eigenvalue weighted by Crippen LogP contribution is -2.05. The van der Waals surface area contributed by atoms with E-state index in [-0.39, 0.29) is 17.6 Å². The number of methoxy groups -OCH3 is 1. The summed E-state index contributed by atoms with van der Waals surface area (Å²) in [5.74, 6) is 0.646. The molecule has 6 rings (SSSR count). The first-order valence-corrected chi connectivity index (χ1v) is 11.6. The number of hydrogen-bond donors (Lipinski definition) is 0. The van der Waals surface area contributed by atoms with Crippen molar-refractivity contribution in [2.45, 2.75) is 19.4 Å². The predicted octanol–water partition coefficient (Wildman–Crippen LogP) is 5.27. The van der Waals surface area contributed by atoms with E-state index < -0.39 is 5.97 Å². The molecule has 0 N–H and O–H groups in total. The molecule has 1 aromatic heterocycles. The summed E-state index contributed by atoms with van der Waals surface area (Å²) in [4.78, 5) is 25.1. The fourth-order valence-electron chi connectivity index (χ4n) is 4.57. The smallest absolute Gasteiger partial charge is 0.337 e. The zero-order valence-electron chi connectivity index (χ0n) is 19.7. The Morgan fingerprint density at radius 3 is 2.69 bits per heavy atom. The summed E-state index contributed by atoms with van der Waals surface area (Å²) in [6, 6.07) is 20.5. The van der Waals surface area contributed by atoms with Crippen LogP contribution in [-0.2, 0) is 11.2 Å². The number of esters is 1. The Balaban J connectivity index is 1.43. The molecule has 0 bridgehead atoms. The highest BCUT2D eigenvalue weighted by Crippen LogP contribution is 2.36. The first-order chi connectivity index (χ1) is 17.5. The van der Waals surface area contributed by atoms with E-state index in [4.69, 9.17) is 19.3 Å². The molecular weight excluding hydrogens is 456 g/mol. The van der Waals surface area contributed by atoms with E-state index in [0.717, 1.165) is 40.2 Å². The summed E-state index contributed by atoms with van der Waals surface area (Å²) in [7, 11) is 1.30. The molecule has 0 radical (unpaired) electrons. The second kappa shape index (κ2) is 8.53. The Morgan fingerprint density at radius 2 is 1.89 bits per heavy atom. The monoisotopic (exact) mass is 478 g/mol. The average molecular weight is 479 g/mol. The highest BCUT2D eigenvalue weighted by atomic mass is 16.5. The van der Waals surface area contributed by atoms with E-state index in [0.29, 0.717) is 16.9 Å². The van der Waals surface area contributed by atoms with Crippen LogP contribution in [0, 0.1) is 0 Å². The number of rotatable bonds is 4. The van der Waals surface area contributed by atoms with Crippen molar-refractivity contribution in [2.75, 3.05) is 7.11 Å². The number of benzene rings is 3. The molecule has 1 unspecified atom stereocenters. The summed E-state index contributed by atoms with van der Waals surface area (Å²) >= 11 is 0. The molecule has 0 saturated heterocycles. The van der Waals surface area contributed by atoms with Gasteiger partial charge in [0, 0.05) is 23.7 Å². The van der Waals surface area contributed by atoms with Crippen LogP contribution in [0.5, 0.6) is 11.5 Å². The zero-order valence-corrected chi connectivity index (χ0v) is 19.7.